The lowest BCUT2D eigenvalue weighted by Gasteiger charge is -2.14. The van der Waals surface area contributed by atoms with Crippen molar-refractivity contribution in [2.24, 2.45) is 0 Å². The highest BCUT2D eigenvalue weighted by molar-refractivity contribution is 5.91. The van der Waals surface area contributed by atoms with Crippen LogP contribution in [0, 0.1) is 10.1 Å². The molecule has 0 saturated carbocycles. The summed E-state index contributed by atoms with van der Waals surface area (Å²) in [4.78, 5) is 53.0. The lowest BCUT2D eigenvalue weighted by Crippen LogP contribution is -2.42. The summed E-state index contributed by atoms with van der Waals surface area (Å²) in [5.74, 6) is -0.531. The molecule has 1 amide bonds. The molecule has 4 rings (SSSR count). The predicted octanol–water partition coefficient (Wildman–Crippen LogP) is 2.15. The average Bonchev–Trinajstić information content (AvgIpc) is 2.80. The number of hydrogen-bond acceptors (Lipinski definition) is 6. The fraction of sp³-hybridized carbons (Fsp3) is 0.0909. The van der Waals surface area contributed by atoms with Crippen LogP contribution >= 0.6 is 0 Å². The van der Waals surface area contributed by atoms with E-state index in [2.05, 4.69) is 10.3 Å². The fourth-order valence-electron chi connectivity index (χ4n) is 3.31. The molecule has 2 aromatic heterocycles. The molecule has 2 aromatic carbocycles. The van der Waals surface area contributed by atoms with Gasteiger partial charge in [0.1, 0.15) is 6.54 Å². The lowest BCUT2D eigenvalue weighted by atomic mass is 10.2. The van der Waals surface area contributed by atoms with Gasteiger partial charge < -0.3 is 5.32 Å². The number of benzene rings is 2. The summed E-state index contributed by atoms with van der Waals surface area (Å²) in [7, 11) is 0. The van der Waals surface area contributed by atoms with Crippen molar-refractivity contribution in [1.29, 1.82) is 0 Å². The number of rotatable bonds is 6. The smallest absolute Gasteiger partial charge is 0.325 e. The second-order valence-electron chi connectivity index (χ2n) is 6.97. The highest BCUT2D eigenvalue weighted by Crippen LogP contribution is 2.15. The molecular formula is C22H17N5O5. The molecule has 1 N–H and O–H groups in total. The number of nitro groups is 1. The van der Waals surface area contributed by atoms with Gasteiger partial charge in [0, 0.05) is 24.0 Å². The molecule has 160 valence electrons. The Balaban J connectivity index is 1.69. The first kappa shape index (κ1) is 20.7. The van der Waals surface area contributed by atoms with Gasteiger partial charge in [0.2, 0.25) is 5.91 Å². The molecule has 0 fully saturated rings. The van der Waals surface area contributed by atoms with Crippen molar-refractivity contribution in [3.8, 4) is 0 Å². The van der Waals surface area contributed by atoms with E-state index >= 15 is 0 Å². The number of nitrogens with zero attached hydrogens (tertiary/aromatic N) is 4. The number of anilines is 1. The molecular weight excluding hydrogens is 414 g/mol. The molecule has 0 radical (unpaired) electrons. The van der Waals surface area contributed by atoms with E-state index in [9.17, 15) is 24.5 Å². The van der Waals surface area contributed by atoms with Gasteiger partial charge in [0.05, 0.1) is 17.0 Å². The molecule has 0 aliphatic carbocycles. The molecule has 4 aromatic rings. The van der Waals surface area contributed by atoms with Crippen molar-refractivity contribution < 1.29 is 9.72 Å². The van der Waals surface area contributed by atoms with E-state index in [4.69, 9.17) is 0 Å². The second-order valence-corrected chi connectivity index (χ2v) is 6.97. The maximum absolute atomic E-state index is 13.2. The summed E-state index contributed by atoms with van der Waals surface area (Å²) >= 11 is 0. The Bertz CT molecular complexity index is 1430. The number of nitro benzene ring substituents is 1. The molecule has 10 nitrogen and oxygen atoms in total. The van der Waals surface area contributed by atoms with Crippen LogP contribution in [0.4, 0.5) is 11.4 Å². The summed E-state index contributed by atoms with van der Waals surface area (Å²) in [6.45, 7) is -0.331. The molecule has 0 bridgehead atoms. The van der Waals surface area contributed by atoms with E-state index in [1.165, 1.54) is 35.0 Å². The summed E-state index contributed by atoms with van der Waals surface area (Å²) < 4.78 is 2.23. The molecule has 0 atom stereocenters. The van der Waals surface area contributed by atoms with Crippen molar-refractivity contribution in [3.05, 3.63) is 109 Å². The summed E-state index contributed by atoms with van der Waals surface area (Å²) in [5.41, 5.74) is 0.123. The zero-order valence-corrected chi connectivity index (χ0v) is 16.7. The molecule has 2 heterocycles. The number of carbonyl (C=O) groups excluding carboxylic acids is 1. The van der Waals surface area contributed by atoms with Crippen molar-refractivity contribution in [2.75, 3.05) is 5.32 Å². The Kier molecular flexibility index (Phi) is 5.58. The lowest BCUT2D eigenvalue weighted by molar-refractivity contribution is -0.384. The second kappa shape index (κ2) is 8.64. The number of fused-ring (bicyclic) bond motifs is 1. The van der Waals surface area contributed by atoms with Gasteiger partial charge in [-0.05, 0) is 29.8 Å². The SMILES string of the molecule is O=C(Cn1c(=O)n(Cc2ccccc2)c(=O)c2ncccc21)Nc1ccc([N+](=O)[O-])cc1. The molecule has 0 saturated heterocycles. The first-order valence-corrected chi connectivity index (χ1v) is 9.60. The van der Waals surface area contributed by atoms with Gasteiger partial charge in [-0.3, -0.25) is 28.8 Å². The minimum atomic E-state index is -0.641. The van der Waals surface area contributed by atoms with Crippen molar-refractivity contribution in [1.82, 2.24) is 14.1 Å². The van der Waals surface area contributed by atoms with E-state index in [-0.39, 0.29) is 29.8 Å². The van der Waals surface area contributed by atoms with Gasteiger partial charge in [0.15, 0.2) is 5.52 Å². The topological polar surface area (TPSA) is 129 Å². The van der Waals surface area contributed by atoms with Crippen LogP contribution in [0.2, 0.25) is 0 Å². The van der Waals surface area contributed by atoms with Gasteiger partial charge in [-0.2, -0.15) is 0 Å². The normalized spacial score (nSPS) is 10.8. The molecule has 0 spiro atoms. The summed E-state index contributed by atoms with van der Waals surface area (Å²) in [5, 5.41) is 13.4. The maximum Gasteiger partial charge on any atom is 0.332 e. The highest BCUT2D eigenvalue weighted by atomic mass is 16.6. The molecule has 0 aliphatic heterocycles. The van der Waals surface area contributed by atoms with E-state index in [1.807, 2.05) is 6.07 Å². The van der Waals surface area contributed by atoms with Crippen LogP contribution in [0.5, 0.6) is 0 Å². The number of non-ortho nitro benzene ring substituents is 1. The minimum Gasteiger partial charge on any atom is -0.325 e. The number of amides is 1. The van der Waals surface area contributed by atoms with Gasteiger partial charge in [-0.25, -0.2) is 9.78 Å². The number of pyridine rings is 1. The van der Waals surface area contributed by atoms with Gasteiger partial charge in [-0.15, -0.1) is 0 Å². The van der Waals surface area contributed by atoms with Crippen LogP contribution in [0.3, 0.4) is 0 Å². The van der Waals surface area contributed by atoms with Gasteiger partial charge in [-0.1, -0.05) is 30.3 Å². The highest BCUT2D eigenvalue weighted by Gasteiger charge is 2.17. The Hall–Kier alpha value is -4.60. The number of carbonyl (C=O) groups is 1. The first-order valence-electron chi connectivity index (χ1n) is 9.60. The standard InChI is InChI=1S/C22H17N5O5/c28-19(24-16-8-10-17(11-9-16)27(31)32)14-25-18-7-4-12-23-20(18)21(29)26(22(25)30)13-15-5-2-1-3-6-15/h1-12H,13-14H2,(H,24,28). The Morgan fingerprint density at radius 1 is 0.969 bits per heavy atom. The Labute approximate surface area is 180 Å². The Morgan fingerprint density at radius 3 is 2.38 bits per heavy atom. The van der Waals surface area contributed by atoms with E-state index in [1.54, 1.807) is 36.4 Å². The van der Waals surface area contributed by atoms with E-state index in [0.717, 1.165) is 10.1 Å². The number of aromatic nitrogens is 3. The molecule has 0 unspecified atom stereocenters. The number of nitrogens with one attached hydrogen (secondary N) is 1. The van der Waals surface area contributed by atoms with Crippen LogP contribution in [0.1, 0.15) is 5.56 Å². The largest absolute Gasteiger partial charge is 0.332 e. The third-order valence-corrected chi connectivity index (χ3v) is 4.83. The van der Waals surface area contributed by atoms with Crippen molar-refractivity contribution in [3.63, 3.8) is 0 Å². The third-order valence-electron chi connectivity index (χ3n) is 4.83. The van der Waals surface area contributed by atoms with E-state index in [0.29, 0.717) is 5.69 Å². The maximum atomic E-state index is 13.2. The number of hydrogen-bond donors (Lipinski definition) is 1. The minimum absolute atomic E-state index is 0.0367. The predicted molar refractivity (Wildman–Crippen MR) is 118 cm³/mol. The van der Waals surface area contributed by atoms with E-state index < -0.39 is 22.1 Å². The third kappa shape index (κ3) is 4.15. The average molecular weight is 431 g/mol. The van der Waals surface area contributed by atoms with Crippen molar-refractivity contribution in [2.45, 2.75) is 13.1 Å². The zero-order chi connectivity index (χ0) is 22.7. The molecule has 32 heavy (non-hydrogen) atoms. The first-order chi connectivity index (χ1) is 15.4. The van der Waals surface area contributed by atoms with Gasteiger partial charge in [0.25, 0.3) is 11.2 Å². The quantitative estimate of drug-likeness (QED) is 0.368. The van der Waals surface area contributed by atoms with Gasteiger partial charge >= 0.3 is 5.69 Å². The summed E-state index contributed by atoms with van der Waals surface area (Å²) in [6, 6.07) is 17.5. The monoisotopic (exact) mass is 431 g/mol. The van der Waals surface area contributed by atoms with Crippen LogP contribution in [-0.2, 0) is 17.9 Å². The zero-order valence-electron chi connectivity index (χ0n) is 16.7. The Morgan fingerprint density at radius 2 is 1.69 bits per heavy atom. The van der Waals surface area contributed by atoms with Crippen LogP contribution in [0.15, 0.2) is 82.5 Å². The van der Waals surface area contributed by atoms with Crippen LogP contribution < -0.4 is 16.6 Å². The summed E-state index contributed by atoms with van der Waals surface area (Å²) in [6.07, 6.45) is 1.45. The molecule has 10 heteroatoms. The van der Waals surface area contributed by atoms with Crippen molar-refractivity contribution >= 4 is 28.3 Å². The molecule has 0 aliphatic rings. The van der Waals surface area contributed by atoms with Crippen LogP contribution in [-0.4, -0.2) is 24.9 Å². The van der Waals surface area contributed by atoms with Crippen LogP contribution in [0.25, 0.3) is 11.0 Å². The fourth-order valence-corrected chi connectivity index (χ4v) is 3.31.